The molecular formula is C18H22ClNO3. The van der Waals surface area contributed by atoms with Gasteiger partial charge in [-0.2, -0.15) is 0 Å². The summed E-state index contributed by atoms with van der Waals surface area (Å²) in [5.41, 5.74) is 8.86. The second kappa shape index (κ2) is 8.09. The third-order valence-corrected chi connectivity index (χ3v) is 3.60. The minimum absolute atomic E-state index is 0.366. The molecular weight excluding hydrogens is 314 g/mol. The number of benzene rings is 2. The first kappa shape index (κ1) is 17.4. The molecule has 0 heterocycles. The van der Waals surface area contributed by atoms with Crippen LogP contribution in [0, 0.1) is 13.8 Å². The number of nitrogens with two attached hydrogens (primary N) is 1. The first-order chi connectivity index (χ1) is 11.0. The van der Waals surface area contributed by atoms with E-state index in [0.29, 0.717) is 36.3 Å². The molecule has 124 valence electrons. The van der Waals surface area contributed by atoms with Crippen molar-refractivity contribution in [2.45, 2.75) is 20.4 Å². The van der Waals surface area contributed by atoms with E-state index in [1.165, 1.54) is 11.1 Å². The fourth-order valence-corrected chi connectivity index (χ4v) is 2.64. The molecule has 2 N–H and O–H groups in total. The molecule has 0 unspecified atom stereocenters. The molecule has 0 radical (unpaired) electrons. The van der Waals surface area contributed by atoms with E-state index in [1.54, 1.807) is 13.2 Å². The largest absolute Gasteiger partial charge is 0.493 e. The highest BCUT2D eigenvalue weighted by Gasteiger charge is 2.11. The number of hydrogen-bond acceptors (Lipinski definition) is 4. The van der Waals surface area contributed by atoms with E-state index in [9.17, 15) is 0 Å². The Morgan fingerprint density at radius 2 is 1.61 bits per heavy atom. The van der Waals surface area contributed by atoms with Gasteiger partial charge in [-0.3, -0.25) is 0 Å². The fourth-order valence-electron chi connectivity index (χ4n) is 2.35. The third-order valence-electron chi connectivity index (χ3n) is 3.32. The number of hydrogen-bond donors (Lipinski definition) is 1. The van der Waals surface area contributed by atoms with Gasteiger partial charge in [-0.05, 0) is 54.8 Å². The van der Waals surface area contributed by atoms with Crippen molar-refractivity contribution < 1.29 is 14.2 Å². The van der Waals surface area contributed by atoms with E-state index in [1.807, 2.05) is 32.0 Å². The Hall–Kier alpha value is -1.91. The van der Waals surface area contributed by atoms with E-state index in [0.717, 1.165) is 11.3 Å². The highest BCUT2D eigenvalue weighted by Crippen LogP contribution is 2.36. The molecule has 0 spiro atoms. The van der Waals surface area contributed by atoms with Gasteiger partial charge in [-0.1, -0.05) is 17.7 Å². The number of rotatable bonds is 7. The maximum absolute atomic E-state index is 6.23. The molecule has 0 bridgehead atoms. The maximum Gasteiger partial charge on any atom is 0.179 e. The van der Waals surface area contributed by atoms with Gasteiger partial charge >= 0.3 is 0 Å². The molecule has 0 amide bonds. The summed E-state index contributed by atoms with van der Waals surface area (Å²) in [4.78, 5) is 0. The lowest BCUT2D eigenvalue weighted by Crippen LogP contribution is -2.10. The van der Waals surface area contributed by atoms with Gasteiger partial charge < -0.3 is 19.9 Å². The van der Waals surface area contributed by atoms with Gasteiger partial charge in [-0.25, -0.2) is 0 Å². The summed E-state index contributed by atoms with van der Waals surface area (Å²) in [5, 5.41) is 0.483. The molecule has 0 aliphatic carbocycles. The van der Waals surface area contributed by atoms with E-state index in [4.69, 9.17) is 31.5 Å². The Bertz CT molecular complexity index is 653. The van der Waals surface area contributed by atoms with Crippen molar-refractivity contribution in [1.82, 2.24) is 0 Å². The zero-order chi connectivity index (χ0) is 16.8. The van der Waals surface area contributed by atoms with Crippen molar-refractivity contribution in [3.63, 3.8) is 0 Å². The van der Waals surface area contributed by atoms with Gasteiger partial charge in [0, 0.05) is 6.54 Å². The lowest BCUT2D eigenvalue weighted by Gasteiger charge is -2.14. The van der Waals surface area contributed by atoms with Crippen molar-refractivity contribution >= 4 is 11.6 Å². The molecule has 2 aromatic carbocycles. The normalized spacial score (nSPS) is 10.5. The Kier molecular flexibility index (Phi) is 6.13. The van der Waals surface area contributed by atoms with Crippen LogP contribution in [0.1, 0.15) is 16.7 Å². The minimum Gasteiger partial charge on any atom is -0.493 e. The molecule has 0 saturated heterocycles. The van der Waals surface area contributed by atoms with E-state index in [2.05, 4.69) is 6.07 Å². The maximum atomic E-state index is 6.23. The number of methoxy groups -OCH3 is 1. The Morgan fingerprint density at radius 3 is 2.22 bits per heavy atom. The highest BCUT2D eigenvalue weighted by atomic mass is 35.5. The quantitative estimate of drug-likeness (QED) is 0.780. The molecule has 0 aliphatic rings. The zero-order valence-corrected chi connectivity index (χ0v) is 14.4. The van der Waals surface area contributed by atoms with Crippen molar-refractivity contribution in [2.24, 2.45) is 5.73 Å². The molecule has 0 saturated carbocycles. The summed E-state index contributed by atoms with van der Waals surface area (Å²) in [5.74, 6) is 1.92. The van der Waals surface area contributed by atoms with Gasteiger partial charge in [0.05, 0.1) is 12.1 Å². The summed E-state index contributed by atoms with van der Waals surface area (Å²) in [6.45, 7) is 5.26. The van der Waals surface area contributed by atoms with Crippen LogP contribution >= 0.6 is 11.6 Å². The summed E-state index contributed by atoms with van der Waals surface area (Å²) in [6, 6.07) is 9.70. The predicted molar refractivity (Wildman–Crippen MR) is 92.8 cm³/mol. The monoisotopic (exact) mass is 335 g/mol. The van der Waals surface area contributed by atoms with Crippen LogP contribution in [0.3, 0.4) is 0 Å². The van der Waals surface area contributed by atoms with Crippen LogP contribution in [0.15, 0.2) is 30.3 Å². The molecule has 5 heteroatoms. The van der Waals surface area contributed by atoms with Crippen LogP contribution in [0.5, 0.6) is 17.2 Å². The standard InChI is InChI=1S/C18H22ClNO3/c1-12-6-13(2)8-15(7-12)22-4-5-23-18-16(19)9-14(11-20)10-17(18)21-3/h6-10H,4-5,11,20H2,1-3H3. The number of ether oxygens (including phenoxy) is 3. The first-order valence-electron chi connectivity index (χ1n) is 7.44. The van der Waals surface area contributed by atoms with Crippen LogP contribution in [-0.4, -0.2) is 20.3 Å². The van der Waals surface area contributed by atoms with Gasteiger partial charge in [0.25, 0.3) is 0 Å². The molecule has 4 nitrogen and oxygen atoms in total. The van der Waals surface area contributed by atoms with Crippen LogP contribution in [0.2, 0.25) is 5.02 Å². The number of aryl methyl sites for hydroxylation is 2. The molecule has 0 aliphatic heterocycles. The molecule has 0 atom stereocenters. The Labute approximate surface area is 142 Å². The summed E-state index contributed by atoms with van der Waals surface area (Å²) in [6.07, 6.45) is 0. The number of halogens is 1. The molecule has 0 aromatic heterocycles. The first-order valence-corrected chi connectivity index (χ1v) is 7.81. The summed E-state index contributed by atoms with van der Waals surface area (Å²) in [7, 11) is 1.57. The average Bonchev–Trinajstić information content (AvgIpc) is 2.51. The van der Waals surface area contributed by atoms with Crippen LogP contribution < -0.4 is 19.9 Å². The van der Waals surface area contributed by atoms with Crippen LogP contribution in [0.25, 0.3) is 0 Å². The summed E-state index contributed by atoms with van der Waals surface area (Å²) < 4.78 is 16.7. The van der Waals surface area contributed by atoms with Crippen LogP contribution in [-0.2, 0) is 6.54 Å². The SMILES string of the molecule is COc1cc(CN)cc(Cl)c1OCCOc1cc(C)cc(C)c1. The van der Waals surface area contributed by atoms with Crippen molar-refractivity contribution in [3.8, 4) is 17.2 Å². The van der Waals surface area contributed by atoms with E-state index < -0.39 is 0 Å². The Morgan fingerprint density at radius 1 is 0.957 bits per heavy atom. The van der Waals surface area contributed by atoms with Crippen molar-refractivity contribution in [1.29, 1.82) is 0 Å². The smallest absolute Gasteiger partial charge is 0.179 e. The van der Waals surface area contributed by atoms with E-state index >= 15 is 0 Å². The van der Waals surface area contributed by atoms with Crippen molar-refractivity contribution in [3.05, 3.63) is 52.0 Å². The Balaban J connectivity index is 1.96. The molecule has 2 aromatic rings. The molecule has 0 fully saturated rings. The van der Waals surface area contributed by atoms with E-state index in [-0.39, 0.29) is 0 Å². The lowest BCUT2D eigenvalue weighted by molar-refractivity contribution is 0.211. The molecule has 23 heavy (non-hydrogen) atoms. The highest BCUT2D eigenvalue weighted by molar-refractivity contribution is 6.32. The molecule has 2 rings (SSSR count). The second-order valence-corrected chi connectivity index (χ2v) is 5.74. The fraction of sp³-hybridized carbons (Fsp3) is 0.333. The minimum atomic E-state index is 0.366. The van der Waals surface area contributed by atoms with Gasteiger partial charge in [0.2, 0.25) is 0 Å². The summed E-state index contributed by atoms with van der Waals surface area (Å²) >= 11 is 6.23. The van der Waals surface area contributed by atoms with Crippen molar-refractivity contribution in [2.75, 3.05) is 20.3 Å². The second-order valence-electron chi connectivity index (χ2n) is 5.33. The van der Waals surface area contributed by atoms with Crippen LogP contribution in [0.4, 0.5) is 0 Å². The lowest BCUT2D eigenvalue weighted by atomic mass is 10.1. The zero-order valence-electron chi connectivity index (χ0n) is 13.7. The topological polar surface area (TPSA) is 53.7 Å². The predicted octanol–water partition coefficient (Wildman–Crippen LogP) is 3.88. The third kappa shape index (κ3) is 4.78. The average molecular weight is 336 g/mol. The van der Waals surface area contributed by atoms with Gasteiger partial charge in [-0.15, -0.1) is 0 Å². The van der Waals surface area contributed by atoms with Gasteiger partial charge in [0.15, 0.2) is 11.5 Å². The van der Waals surface area contributed by atoms with Gasteiger partial charge in [0.1, 0.15) is 19.0 Å².